The van der Waals surface area contributed by atoms with Crippen molar-refractivity contribution in [1.82, 2.24) is 15.5 Å². The Morgan fingerprint density at radius 2 is 1.85 bits per heavy atom. The molecule has 0 bridgehead atoms. The highest BCUT2D eigenvalue weighted by molar-refractivity contribution is 6.31. The normalized spacial score (nSPS) is 13.4. The fourth-order valence-corrected chi connectivity index (χ4v) is 2.86. The van der Waals surface area contributed by atoms with Crippen molar-refractivity contribution < 1.29 is 14.4 Å². The summed E-state index contributed by atoms with van der Waals surface area (Å²) in [4.78, 5) is 37.9. The van der Waals surface area contributed by atoms with Gasteiger partial charge < -0.3 is 20.9 Å². The summed E-state index contributed by atoms with van der Waals surface area (Å²) in [6.07, 6.45) is 2.85. The lowest BCUT2D eigenvalue weighted by molar-refractivity contribution is -0.131. The van der Waals surface area contributed by atoms with Gasteiger partial charge in [0.2, 0.25) is 11.8 Å². The van der Waals surface area contributed by atoms with Gasteiger partial charge in [-0.2, -0.15) is 0 Å². The Hall–Kier alpha value is -2.28. The van der Waals surface area contributed by atoms with E-state index in [1.165, 1.54) is 0 Å². The minimum Gasteiger partial charge on any atom is -0.375 e. The third-order valence-corrected chi connectivity index (χ3v) is 4.33. The van der Waals surface area contributed by atoms with Gasteiger partial charge in [0.1, 0.15) is 0 Å². The van der Waals surface area contributed by atoms with Crippen LogP contribution in [0.25, 0.3) is 0 Å². The van der Waals surface area contributed by atoms with E-state index in [-0.39, 0.29) is 30.8 Å². The van der Waals surface area contributed by atoms with E-state index in [1.54, 1.807) is 23.1 Å². The monoisotopic (exact) mass is 380 g/mol. The maximum absolute atomic E-state index is 12.2. The Morgan fingerprint density at radius 1 is 1.12 bits per heavy atom. The first-order chi connectivity index (χ1) is 12.5. The minimum absolute atomic E-state index is 0.0140. The van der Waals surface area contributed by atoms with Gasteiger partial charge in [0.25, 0.3) is 5.91 Å². The number of hydrogen-bond donors (Lipinski definition) is 3. The molecule has 3 amide bonds. The van der Waals surface area contributed by atoms with Gasteiger partial charge in [0.15, 0.2) is 0 Å². The summed E-state index contributed by atoms with van der Waals surface area (Å²) in [5, 5.41) is 8.78. The number of rotatable bonds is 8. The van der Waals surface area contributed by atoms with Crippen LogP contribution in [0, 0.1) is 0 Å². The Morgan fingerprint density at radius 3 is 2.54 bits per heavy atom. The van der Waals surface area contributed by atoms with E-state index in [1.807, 2.05) is 6.92 Å². The van der Waals surface area contributed by atoms with E-state index in [0.717, 1.165) is 32.4 Å². The lowest BCUT2D eigenvalue weighted by Gasteiger charge is -2.16. The molecule has 1 aromatic carbocycles. The molecule has 0 atom stereocenters. The summed E-state index contributed by atoms with van der Waals surface area (Å²) >= 11 is 5.99. The van der Waals surface area contributed by atoms with Crippen molar-refractivity contribution in [2.45, 2.75) is 26.2 Å². The number of nitrogens with one attached hydrogen (secondary N) is 3. The molecule has 0 aromatic heterocycles. The number of nitrogens with zero attached hydrogens (tertiary/aromatic N) is 1. The average Bonchev–Trinajstić information content (AvgIpc) is 3.17. The molecule has 1 saturated heterocycles. The van der Waals surface area contributed by atoms with E-state index >= 15 is 0 Å². The van der Waals surface area contributed by atoms with Crippen LogP contribution in [-0.4, -0.2) is 55.3 Å². The summed E-state index contributed by atoms with van der Waals surface area (Å²) < 4.78 is 0. The van der Waals surface area contributed by atoms with Crippen molar-refractivity contribution in [3.63, 3.8) is 0 Å². The fraction of sp³-hybridized carbons (Fsp3) is 0.500. The van der Waals surface area contributed by atoms with E-state index in [9.17, 15) is 14.4 Å². The van der Waals surface area contributed by atoms with Crippen molar-refractivity contribution in [2.75, 3.05) is 38.0 Å². The molecule has 0 aliphatic carbocycles. The number of halogens is 1. The van der Waals surface area contributed by atoms with Crippen LogP contribution in [0.5, 0.6) is 0 Å². The van der Waals surface area contributed by atoms with Crippen LogP contribution in [0.4, 0.5) is 5.69 Å². The average molecular weight is 381 g/mol. The fourth-order valence-electron chi connectivity index (χ4n) is 2.69. The van der Waals surface area contributed by atoms with Crippen molar-refractivity contribution in [3.8, 4) is 0 Å². The number of likely N-dealkylation sites (tertiary alicyclic amines) is 1. The van der Waals surface area contributed by atoms with Gasteiger partial charge in [-0.15, -0.1) is 0 Å². The largest absolute Gasteiger partial charge is 0.375 e. The third-order valence-electron chi connectivity index (χ3n) is 4.10. The molecule has 3 N–H and O–H groups in total. The highest BCUT2D eigenvalue weighted by Gasteiger charge is 2.18. The first-order valence-corrected chi connectivity index (χ1v) is 9.25. The molecule has 0 radical (unpaired) electrons. The van der Waals surface area contributed by atoms with Crippen molar-refractivity contribution >= 4 is 35.0 Å². The van der Waals surface area contributed by atoms with Crippen molar-refractivity contribution in [2.24, 2.45) is 0 Å². The Labute approximate surface area is 158 Å². The first kappa shape index (κ1) is 20.0. The van der Waals surface area contributed by atoms with Gasteiger partial charge in [-0.25, -0.2) is 0 Å². The molecule has 1 heterocycles. The molecular weight excluding hydrogens is 356 g/mol. The number of amides is 3. The number of carbonyl (C=O) groups is 3. The quantitative estimate of drug-likeness (QED) is 0.639. The van der Waals surface area contributed by atoms with Gasteiger partial charge in [-0.1, -0.05) is 18.5 Å². The highest BCUT2D eigenvalue weighted by Crippen LogP contribution is 2.21. The molecule has 2 rings (SSSR count). The molecule has 7 nitrogen and oxygen atoms in total. The molecule has 1 aliphatic heterocycles. The molecule has 1 aliphatic rings. The molecule has 1 aromatic rings. The van der Waals surface area contributed by atoms with Crippen LogP contribution in [0.1, 0.15) is 36.5 Å². The third kappa shape index (κ3) is 5.91. The van der Waals surface area contributed by atoms with Crippen molar-refractivity contribution in [1.29, 1.82) is 0 Å². The van der Waals surface area contributed by atoms with Crippen LogP contribution < -0.4 is 16.0 Å². The predicted octanol–water partition coefficient (Wildman–Crippen LogP) is 1.63. The predicted molar refractivity (Wildman–Crippen MR) is 101 cm³/mol. The van der Waals surface area contributed by atoms with E-state index in [4.69, 9.17) is 11.6 Å². The van der Waals surface area contributed by atoms with E-state index in [0.29, 0.717) is 22.8 Å². The summed E-state index contributed by atoms with van der Waals surface area (Å²) in [6, 6.07) is 4.85. The SMILES string of the molecule is CCCNC(=O)c1ccc(Cl)cc1NCC(=O)NCC(=O)N1CCCC1. The molecule has 26 heavy (non-hydrogen) atoms. The second-order valence-electron chi connectivity index (χ2n) is 6.16. The zero-order chi connectivity index (χ0) is 18.9. The van der Waals surface area contributed by atoms with E-state index in [2.05, 4.69) is 16.0 Å². The van der Waals surface area contributed by atoms with Crippen molar-refractivity contribution in [3.05, 3.63) is 28.8 Å². The van der Waals surface area contributed by atoms with Gasteiger partial charge in [-0.05, 0) is 37.5 Å². The topological polar surface area (TPSA) is 90.5 Å². The zero-order valence-corrected chi connectivity index (χ0v) is 15.7. The van der Waals surface area contributed by atoms with Gasteiger partial charge in [0.05, 0.1) is 18.7 Å². The molecule has 0 spiro atoms. The number of benzene rings is 1. The second kappa shape index (κ2) is 10.0. The Kier molecular flexibility index (Phi) is 7.72. The standard InChI is InChI=1S/C18H25ClN4O3/c1-2-7-20-18(26)14-6-5-13(19)10-15(14)21-11-16(24)22-12-17(25)23-8-3-4-9-23/h5-6,10,21H,2-4,7-9,11-12H2,1H3,(H,20,26)(H,22,24). The van der Waals surface area contributed by atoms with Gasteiger partial charge >= 0.3 is 0 Å². The molecule has 0 saturated carbocycles. The summed E-state index contributed by atoms with van der Waals surface area (Å²) in [7, 11) is 0. The molecule has 142 valence electrons. The van der Waals surface area contributed by atoms with Crippen LogP contribution >= 0.6 is 11.6 Å². The number of anilines is 1. The summed E-state index contributed by atoms with van der Waals surface area (Å²) in [6.45, 7) is 3.98. The molecule has 8 heteroatoms. The number of carbonyl (C=O) groups excluding carboxylic acids is 3. The second-order valence-corrected chi connectivity index (χ2v) is 6.60. The van der Waals surface area contributed by atoms with Crippen LogP contribution in [0.2, 0.25) is 5.02 Å². The zero-order valence-electron chi connectivity index (χ0n) is 14.9. The van der Waals surface area contributed by atoms with Gasteiger partial charge in [0, 0.05) is 30.3 Å². The maximum Gasteiger partial charge on any atom is 0.253 e. The Bertz CT molecular complexity index is 660. The van der Waals surface area contributed by atoms with Crippen LogP contribution in [0.15, 0.2) is 18.2 Å². The lowest BCUT2D eigenvalue weighted by Crippen LogP contribution is -2.40. The lowest BCUT2D eigenvalue weighted by atomic mass is 10.1. The molecule has 1 fully saturated rings. The molecular formula is C18H25ClN4O3. The maximum atomic E-state index is 12.2. The van der Waals surface area contributed by atoms with Gasteiger partial charge in [-0.3, -0.25) is 14.4 Å². The molecule has 0 unspecified atom stereocenters. The Balaban J connectivity index is 1.87. The highest BCUT2D eigenvalue weighted by atomic mass is 35.5. The minimum atomic E-state index is -0.322. The number of hydrogen-bond acceptors (Lipinski definition) is 4. The van der Waals surface area contributed by atoms with Crippen LogP contribution in [-0.2, 0) is 9.59 Å². The first-order valence-electron chi connectivity index (χ1n) is 8.87. The summed E-state index contributed by atoms with van der Waals surface area (Å²) in [5.41, 5.74) is 0.899. The summed E-state index contributed by atoms with van der Waals surface area (Å²) in [5.74, 6) is -0.619. The smallest absolute Gasteiger partial charge is 0.253 e. The van der Waals surface area contributed by atoms with E-state index < -0.39 is 0 Å². The van der Waals surface area contributed by atoms with Crippen LogP contribution in [0.3, 0.4) is 0 Å².